The number of ether oxygens (including phenoxy) is 2. The maximum atomic E-state index is 12.7. The van der Waals surface area contributed by atoms with E-state index in [4.69, 9.17) is 14.6 Å². The highest BCUT2D eigenvalue weighted by atomic mass is 79.9. The average Bonchev–Trinajstić information content (AvgIpc) is 3.67. The van der Waals surface area contributed by atoms with Crippen LogP contribution in [0.4, 0.5) is 5.13 Å². The lowest BCUT2D eigenvalue weighted by Gasteiger charge is -2.65. The molecule has 7 rings (SSSR count). The molecule has 11 heteroatoms. The number of hydrazone groups is 1. The first-order valence-electron chi connectivity index (χ1n) is 15.3. The fourth-order valence-electron chi connectivity index (χ4n) is 9.78. The Bertz CT molecular complexity index is 1480. The van der Waals surface area contributed by atoms with Crippen LogP contribution in [0.15, 0.2) is 41.0 Å². The standard InChI is InChI=1S/C32H38BrN3O6S/c1-29-10-7-22-23(32(29,40)13-9-21(29)19-14-26(37)41-17-19)8-12-31(39)15-20(42-27(38)16-33)6-11-30(22,31)18-34-36-28-35-24-4-2-3-5-25(24)43-28/h2-5,14,18,20-23,39-40H,6-13,15-17H2,1H3,(H,35,36)/b34-18-/t20-,21+,22-,23+,29+,30+,31-,32+/m1/s1. The summed E-state index contributed by atoms with van der Waals surface area (Å²) in [6.07, 6.45) is 8.94. The minimum atomic E-state index is -1.14. The van der Waals surface area contributed by atoms with Crippen molar-refractivity contribution in [2.45, 2.75) is 82.0 Å². The zero-order valence-corrected chi connectivity index (χ0v) is 26.7. The smallest absolute Gasteiger partial charge is 0.331 e. The van der Waals surface area contributed by atoms with Gasteiger partial charge >= 0.3 is 11.9 Å². The van der Waals surface area contributed by atoms with Crippen LogP contribution in [0.1, 0.15) is 64.7 Å². The Labute approximate surface area is 263 Å². The largest absolute Gasteiger partial charge is 0.462 e. The van der Waals surface area contributed by atoms with Crippen LogP contribution in [0.3, 0.4) is 0 Å². The summed E-state index contributed by atoms with van der Waals surface area (Å²) in [5, 5.41) is 30.7. The second-order valence-electron chi connectivity index (χ2n) is 13.5. The number of alkyl halides is 1. The SMILES string of the molecule is C[C@@]12CC[C@@H]3[C@H](CC[C@@]4(O)C[C@H](OC(=O)CBr)CC[C@]34/C=N\Nc3nc4ccccc4s3)[C@@]1(O)CC[C@H]2C1=CC(=O)OC1. The van der Waals surface area contributed by atoms with Crippen molar-refractivity contribution in [3.8, 4) is 0 Å². The number of anilines is 1. The van der Waals surface area contributed by atoms with Gasteiger partial charge in [0, 0.05) is 29.5 Å². The first kappa shape index (κ1) is 29.4. The topological polar surface area (TPSA) is 130 Å². The van der Waals surface area contributed by atoms with E-state index < -0.39 is 16.6 Å². The minimum Gasteiger partial charge on any atom is -0.462 e. The van der Waals surface area contributed by atoms with Gasteiger partial charge in [0.05, 0.1) is 21.4 Å². The van der Waals surface area contributed by atoms with Crippen molar-refractivity contribution in [2.75, 3.05) is 17.4 Å². The Morgan fingerprint density at radius 3 is 2.77 bits per heavy atom. The zero-order chi connectivity index (χ0) is 30.0. The van der Waals surface area contributed by atoms with E-state index in [1.807, 2.05) is 30.5 Å². The number of hydrogen-bond acceptors (Lipinski definition) is 10. The molecule has 0 amide bonds. The highest BCUT2D eigenvalue weighted by Crippen LogP contribution is 2.70. The summed E-state index contributed by atoms with van der Waals surface area (Å²) in [7, 11) is 0. The number of nitrogens with one attached hydrogen (secondary N) is 1. The van der Waals surface area contributed by atoms with Crippen molar-refractivity contribution in [1.29, 1.82) is 0 Å². The molecule has 4 fully saturated rings. The van der Waals surface area contributed by atoms with E-state index >= 15 is 0 Å². The molecule has 43 heavy (non-hydrogen) atoms. The van der Waals surface area contributed by atoms with E-state index in [1.54, 1.807) is 6.08 Å². The number of halogens is 1. The normalized spacial score (nSPS) is 40.5. The monoisotopic (exact) mass is 671 g/mol. The Morgan fingerprint density at radius 1 is 1.19 bits per heavy atom. The number of hydrogen-bond donors (Lipinski definition) is 3. The number of rotatable bonds is 6. The molecule has 230 valence electrons. The second kappa shape index (κ2) is 10.6. The Hall–Kier alpha value is -2.34. The van der Waals surface area contributed by atoms with E-state index in [0.29, 0.717) is 50.3 Å². The molecule has 4 saturated carbocycles. The fourth-order valence-corrected chi connectivity index (χ4v) is 10.7. The van der Waals surface area contributed by atoms with Crippen molar-refractivity contribution >= 4 is 60.8 Å². The number of nitrogens with zero attached hydrogens (tertiary/aromatic N) is 2. The van der Waals surface area contributed by atoms with E-state index in [9.17, 15) is 19.8 Å². The van der Waals surface area contributed by atoms with Gasteiger partial charge in [0.2, 0.25) is 5.13 Å². The van der Waals surface area contributed by atoms with Gasteiger partial charge in [-0.3, -0.25) is 10.2 Å². The predicted octanol–water partition coefficient (Wildman–Crippen LogP) is 5.35. The lowest BCUT2D eigenvalue weighted by Crippen LogP contribution is -2.69. The minimum absolute atomic E-state index is 0.00717. The maximum absolute atomic E-state index is 12.7. The van der Waals surface area contributed by atoms with Crippen LogP contribution in [0, 0.1) is 28.6 Å². The van der Waals surface area contributed by atoms with Crippen LogP contribution in [0.5, 0.6) is 0 Å². The summed E-state index contributed by atoms with van der Waals surface area (Å²) in [4.78, 5) is 28.7. The molecule has 0 saturated heterocycles. The van der Waals surface area contributed by atoms with Crippen molar-refractivity contribution in [2.24, 2.45) is 33.7 Å². The number of thiazole rings is 1. The molecule has 1 aromatic carbocycles. The molecule has 0 spiro atoms. The molecule has 1 aromatic heterocycles. The highest BCUT2D eigenvalue weighted by Gasteiger charge is 2.71. The summed E-state index contributed by atoms with van der Waals surface area (Å²) in [6, 6.07) is 7.94. The molecule has 4 aliphatic carbocycles. The van der Waals surface area contributed by atoms with Gasteiger partial charge in [0.1, 0.15) is 18.0 Å². The Kier molecular flexibility index (Phi) is 7.26. The van der Waals surface area contributed by atoms with E-state index in [1.165, 1.54) is 11.3 Å². The van der Waals surface area contributed by atoms with E-state index in [-0.39, 0.29) is 46.5 Å². The highest BCUT2D eigenvalue weighted by molar-refractivity contribution is 9.09. The van der Waals surface area contributed by atoms with Gasteiger partial charge in [0.25, 0.3) is 0 Å². The molecule has 8 atom stereocenters. The summed E-state index contributed by atoms with van der Waals surface area (Å²) in [5.41, 5.74) is 1.88. The average molecular weight is 673 g/mol. The van der Waals surface area contributed by atoms with E-state index in [2.05, 4.69) is 33.3 Å². The van der Waals surface area contributed by atoms with Gasteiger partial charge in [0.15, 0.2) is 0 Å². The van der Waals surface area contributed by atoms with Crippen LogP contribution in [0.2, 0.25) is 0 Å². The lowest BCUT2D eigenvalue weighted by atomic mass is 9.41. The molecule has 0 radical (unpaired) electrons. The Balaban J connectivity index is 1.22. The van der Waals surface area contributed by atoms with Gasteiger partial charge in [-0.25, -0.2) is 9.78 Å². The predicted molar refractivity (Wildman–Crippen MR) is 167 cm³/mol. The zero-order valence-electron chi connectivity index (χ0n) is 24.3. The van der Waals surface area contributed by atoms with Crippen molar-refractivity contribution < 1.29 is 29.3 Å². The van der Waals surface area contributed by atoms with Gasteiger partial charge in [-0.2, -0.15) is 5.10 Å². The number of benzene rings is 1. The number of fused-ring (bicyclic) bond motifs is 6. The second-order valence-corrected chi connectivity index (χ2v) is 15.1. The van der Waals surface area contributed by atoms with E-state index in [0.717, 1.165) is 35.1 Å². The number of cyclic esters (lactones) is 1. The molecule has 0 bridgehead atoms. The lowest BCUT2D eigenvalue weighted by molar-refractivity contribution is -0.238. The van der Waals surface area contributed by atoms with Crippen molar-refractivity contribution in [1.82, 2.24) is 4.98 Å². The fraction of sp³-hybridized carbons (Fsp3) is 0.625. The molecule has 9 nitrogen and oxygen atoms in total. The summed E-state index contributed by atoms with van der Waals surface area (Å²) < 4.78 is 12.1. The maximum Gasteiger partial charge on any atom is 0.331 e. The first-order valence-corrected chi connectivity index (χ1v) is 17.3. The van der Waals surface area contributed by atoms with Crippen LogP contribution >= 0.6 is 27.3 Å². The third-order valence-corrected chi connectivity index (χ3v) is 13.2. The van der Waals surface area contributed by atoms with Crippen LogP contribution in [-0.2, 0) is 19.1 Å². The number of aromatic nitrogens is 1. The summed E-state index contributed by atoms with van der Waals surface area (Å²) in [5.74, 6) is -0.573. The number of para-hydroxylation sites is 1. The summed E-state index contributed by atoms with van der Waals surface area (Å²) in [6.45, 7) is 2.50. The number of esters is 2. The molecule has 5 aliphatic rings. The van der Waals surface area contributed by atoms with Gasteiger partial charge in [-0.05, 0) is 86.8 Å². The third kappa shape index (κ3) is 4.51. The van der Waals surface area contributed by atoms with Crippen LogP contribution < -0.4 is 5.43 Å². The summed E-state index contributed by atoms with van der Waals surface area (Å²) >= 11 is 4.72. The molecule has 2 heterocycles. The number of aliphatic hydroxyl groups is 2. The van der Waals surface area contributed by atoms with Gasteiger partial charge < -0.3 is 19.7 Å². The molecule has 1 aliphatic heterocycles. The van der Waals surface area contributed by atoms with Crippen molar-refractivity contribution in [3.63, 3.8) is 0 Å². The molecule has 3 N–H and O–H groups in total. The first-order chi connectivity index (χ1) is 20.6. The molecule has 2 aromatic rings. The number of carbonyl (C=O) groups is 2. The van der Waals surface area contributed by atoms with Gasteiger partial charge in [-0.1, -0.05) is 46.3 Å². The number of carbonyl (C=O) groups excluding carboxylic acids is 2. The third-order valence-electron chi connectivity index (χ3n) is 11.8. The molecule has 0 unspecified atom stereocenters. The Morgan fingerprint density at radius 2 is 2.00 bits per heavy atom. The van der Waals surface area contributed by atoms with Crippen molar-refractivity contribution in [3.05, 3.63) is 35.9 Å². The van der Waals surface area contributed by atoms with Crippen LogP contribution in [-0.4, -0.2) is 62.6 Å². The van der Waals surface area contributed by atoms with Gasteiger partial charge in [-0.15, -0.1) is 0 Å². The molecular formula is C32H38BrN3O6S. The quantitative estimate of drug-likeness (QED) is 0.162. The molecular weight excluding hydrogens is 634 g/mol. The van der Waals surface area contributed by atoms with Crippen LogP contribution in [0.25, 0.3) is 10.2 Å².